The highest BCUT2D eigenvalue weighted by Crippen LogP contribution is 2.09. The molecule has 0 bridgehead atoms. The minimum absolute atomic E-state index is 0.350. The maximum Gasteiger partial charge on any atom is 0.224 e. The average molecular weight is 255 g/mol. The summed E-state index contributed by atoms with van der Waals surface area (Å²) in [6.45, 7) is 2.36. The molecule has 0 saturated carbocycles. The van der Waals surface area contributed by atoms with Crippen molar-refractivity contribution in [2.75, 3.05) is 12.4 Å². The number of hydrogen-bond donors (Lipinski definition) is 1. The van der Waals surface area contributed by atoms with E-state index in [0.29, 0.717) is 24.1 Å². The zero-order valence-electron chi connectivity index (χ0n) is 10.7. The summed E-state index contributed by atoms with van der Waals surface area (Å²) in [5.74, 6) is 1.01. The van der Waals surface area contributed by atoms with Gasteiger partial charge in [-0.3, -0.25) is 0 Å². The molecule has 0 saturated heterocycles. The van der Waals surface area contributed by atoms with Crippen LogP contribution in [0.25, 0.3) is 0 Å². The fourth-order valence-corrected chi connectivity index (χ4v) is 1.52. The Morgan fingerprint density at radius 2 is 2.21 bits per heavy atom. The fraction of sp³-hybridized carbons (Fsp3) is 0.231. The lowest BCUT2D eigenvalue weighted by Gasteiger charge is -2.06. The van der Waals surface area contributed by atoms with Crippen LogP contribution in [0, 0.1) is 18.3 Å². The molecule has 0 spiro atoms. The number of rotatable bonds is 4. The molecule has 6 nitrogen and oxygen atoms in total. The van der Waals surface area contributed by atoms with E-state index in [1.54, 1.807) is 25.4 Å². The summed E-state index contributed by atoms with van der Waals surface area (Å²) in [6, 6.07) is 7.33. The van der Waals surface area contributed by atoms with Crippen molar-refractivity contribution in [2.24, 2.45) is 0 Å². The number of anilines is 1. The topological polar surface area (TPSA) is 83.7 Å². The van der Waals surface area contributed by atoms with E-state index >= 15 is 0 Å². The number of aryl methyl sites for hydroxylation is 1. The average Bonchev–Trinajstić information content (AvgIpc) is 2.45. The smallest absolute Gasteiger partial charge is 0.224 e. The Hall–Kier alpha value is -2.68. The highest BCUT2D eigenvalue weighted by atomic mass is 16.5. The third-order valence-corrected chi connectivity index (χ3v) is 2.43. The van der Waals surface area contributed by atoms with Crippen LogP contribution in [0.15, 0.2) is 24.4 Å². The number of nitrogens with zero attached hydrogens (tertiary/aromatic N) is 4. The molecule has 2 rings (SSSR count). The minimum Gasteiger partial charge on any atom is -0.481 e. The van der Waals surface area contributed by atoms with Gasteiger partial charge in [0, 0.05) is 24.5 Å². The number of aromatic nitrogens is 3. The Labute approximate surface area is 111 Å². The van der Waals surface area contributed by atoms with E-state index in [-0.39, 0.29) is 0 Å². The Kier molecular flexibility index (Phi) is 3.88. The van der Waals surface area contributed by atoms with Crippen molar-refractivity contribution in [3.63, 3.8) is 0 Å². The highest BCUT2D eigenvalue weighted by Gasteiger charge is 2.02. The summed E-state index contributed by atoms with van der Waals surface area (Å²) in [4.78, 5) is 12.4. The molecule has 0 amide bonds. The maximum atomic E-state index is 8.84. The summed E-state index contributed by atoms with van der Waals surface area (Å²) in [5.41, 5.74) is 2.08. The second kappa shape index (κ2) is 5.78. The fourth-order valence-electron chi connectivity index (χ4n) is 1.52. The van der Waals surface area contributed by atoms with Crippen LogP contribution in [0.3, 0.4) is 0 Å². The van der Waals surface area contributed by atoms with Crippen LogP contribution >= 0.6 is 0 Å². The molecule has 2 aromatic heterocycles. The lowest BCUT2D eigenvalue weighted by atomic mass is 10.3. The molecule has 0 fully saturated rings. The van der Waals surface area contributed by atoms with Crippen molar-refractivity contribution in [1.29, 1.82) is 5.26 Å². The van der Waals surface area contributed by atoms with Gasteiger partial charge in [-0.1, -0.05) is 6.07 Å². The van der Waals surface area contributed by atoms with Crippen molar-refractivity contribution < 1.29 is 4.74 Å². The molecule has 96 valence electrons. The molecule has 0 unspecified atom stereocenters. The molecule has 6 heteroatoms. The van der Waals surface area contributed by atoms with Crippen LogP contribution in [-0.2, 0) is 6.54 Å². The molecule has 0 atom stereocenters. The van der Waals surface area contributed by atoms with Crippen LogP contribution in [0.2, 0.25) is 0 Å². The van der Waals surface area contributed by atoms with E-state index in [2.05, 4.69) is 20.3 Å². The first-order valence-electron chi connectivity index (χ1n) is 5.70. The van der Waals surface area contributed by atoms with Gasteiger partial charge in [0.2, 0.25) is 11.8 Å². The van der Waals surface area contributed by atoms with Gasteiger partial charge in [0.15, 0.2) is 0 Å². The Balaban J connectivity index is 2.05. The first-order valence-corrected chi connectivity index (χ1v) is 5.70. The summed E-state index contributed by atoms with van der Waals surface area (Å²) >= 11 is 0. The Morgan fingerprint density at radius 3 is 2.84 bits per heavy atom. The summed E-state index contributed by atoms with van der Waals surface area (Å²) in [7, 11) is 1.57. The number of pyridine rings is 1. The second-order valence-electron chi connectivity index (χ2n) is 3.89. The standard InChI is InChI=1S/C13H13N5O/c1-9-5-11(6-14)18-13(17-9)16-8-10-3-4-12(19-2)15-7-10/h3-5,7H,8H2,1-2H3,(H,16,17,18). The predicted molar refractivity (Wildman–Crippen MR) is 69.6 cm³/mol. The zero-order chi connectivity index (χ0) is 13.7. The van der Waals surface area contributed by atoms with Gasteiger partial charge in [-0.2, -0.15) is 5.26 Å². The Morgan fingerprint density at radius 1 is 1.37 bits per heavy atom. The maximum absolute atomic E-state index is 8.84. The van der Waals surface area contributed by atoms with Crippen molar-refractivity contribution in [2.45, 2.75) is 13.5 Å². The lowest BCUT2D eigenvalue weighted by molar-refractivity contribution is 0.397. The number of ether oxygens (including phenoxy) is 1. The largest absolute Gasteiger partial charge is 0.481 e. The molecule has 2 aromatic rings. The van der Waals surface area contributed by atoms with E-state index < -0.39 is 0 Å². The monoisotopic (exact) mass is 255 g/mol. The van der Waals surface area contributed by atoms with Crippen molar-refractivity contribution in [3.05, 3.63) is 41.3 Å². The SMILES string of the molecule is COc1ccc(CNc2nc(C)cc(C#N)n2)cn1. The number of methoxy groups -OCH3 is 1. The molecule has 0 aliphatic rings. The molecular weight excluding hydrogens is 242 g/mol. The van der Waals surface area contributed by atoms with E-state index in [9.17, 15) is 0 Å². The van der Waals surface area contributed by atoms with Gasteiger partial charge in [-0.05, 0) is 18.6 Å². The molecule has 0 aromatic carbocycles. The summed E-state index contributed by atoms with van der Waals surface area (Å²) in [5, 5.41) is 11.9. The van der Waals surface area contributed by atoms with Crippen LogP contribution in [0.4, 0.5) is 5.95 Å². The second-order valence-corrected chi connectivity index (χ2v) is 3.89. The normalized spacial score (nSPS) is 9.74. The lowest BCUT2D eigenvalue weighted by Crippen LogP contribution is -2.05. The van der Waals surface area contributed by atoms with Gasteiger partial charge in [0.25, 0.3) is 0 Å². The highest BCUT2D eigenvalue weighted by molar-refractivity contribution is 5.34. The van der Waals surface area contributed by atoms with Crippen LogP contribution in [0.5, 0.6) is 5.88 Å². The van der Waals surface area contributed by atoms with Crippen LogP contribution in [0.1, 0.15) is 17.0 Å². The van der Waals surface area contributed by atoms with Gasteiger partial charge >= 0.3 is 0 Å². The molecule has 2 heterocycles. The van der Waals surface area contributed by atoms with E-state index in [0.717, 1.165) is 11.3 Å². The molecule has 0 aliphatic carbocycles. The van der Waals surface area contributed by atoms with Crippen molar-refractivity contribution in [3.8, 4) is 11.9 Å². The Bertz CT molecular complexity index is 603. The third-order valence-electron chi connectivity index (χ3n) is 2.43. The first-order chi connectivity index (χ1) is 9.21. The first kappa shape index (κ1) is 12.8. The van der Waals surface area contributed by atoms with E-state index in [1.165, 1.54) is 0 Å². The van der Waals surface area contributed by atoms with Crippen LogP contribution < -0.4 is 10.1 Å². The summed E-state index contributed by atoms with van der Waals surface area (Å²) in [6.07, 6.45) is 1.72. The van der Waals surface area contributed by atoms with Crippen molar-refractivity contribution >= 4 is 5.95 Å². The molecule has 0 radical (unpaired) electrons. The van der Waals surface area contributed by atoms with Gasteiger partial charge < -0.3 is 10.1 Å². The van der Waals surface area contributed by atoms with Gasteiger partial charge in [-0.25, -0.2) is 15.0 Å². The van der Waals surface area contributed by atoms with E-state index in [1.807, 2.05) is 19.1 Å². The number of nitriles is 1. The molecule has 19 heavy (non-hydrogen) atoms. The van der Waals surface area contributed by atoms with Crippen LogP contribution in [-0.4, -0.2) is 22.1 Å². The molecule has 0 aliphatic heterocycles. The van der Waals surface area contributed by atoms with Crippen molar-refractivity contribution in [1.82, 2.24) is 15.0 Å². The molecule has 1 N–H and O–H groups in total. The number of hydrogen-bond acceptors (Lipinski definition) is 6. The summed E-state index contributed by atoms with van der Waals surface area (Å²) < 4.78 is 4.99. The quantitative estimate of drug-likeness (QED) is 0.894. The predicted octanol–water partition coefficient (Wildman–Crippen LogP) is 1.67. The van der Waals surface area contributed by atoms with Gasteiger partial charge in [-0.15, -0.1) is 0 Å². The minimum atomic E-state index is 0.350. The van der Waals surface area contributed by atoms with Gasteiger partial charge in [0.05, 0.1) is 7.11 Å². The number of nitrogens with one attached hydrogen (secondary N) is 1. The third kappa shape index (κ3) is 3.39. The van der Waals surface area contributed by atoms with E-state index in [4.69, 9.17) is 10.00 Å². The van der Waals surface area contributed by atoms with Gasteiger partial charge in [0.1, 0.15) is 11.8 Å². The zero-order valence-corrected chi connectivity index (χ0v) is 10.7. The molecular formula is C13H13N5O.